The first kappa shape index (κ1) is 23.3. The summed E-state index contributed by atoms with van der Waals surface area (Å²) in [6, 6.07) is 13.6. The summed E-state index contributed by atoms with van der Waals surface area (Å²) < 4.78 is 13.3. The number of carbonyl (C=O) groups excluding carboxylic acids is 1. The molecule has 1 amide bonds. The molecule has 0 bridgehead atoms. The van der Waals surface area contributed by atoms with Gasteiger partial charge in [0.15, 0.2) is 0 Å². The Morgan fingerprint density at radius 1 is 1.06 bits per heavy atom. The molecule has 1 aliphatic rings. The summed E-state index contributed by atoms with van der Waals surface area (Å²) >= 11 is 10.1. The molecule has 0 unspecified atom stereocenters. The lowest BCUT2D eigenvalue weighted by Crippen LogP contribution is -2.27. The van der Waals surface area contributed by atoms with E-state index in [-0.39, 0.29) is 5.91 Å². The molecular weight excluding hydrogens is 494 g/mol. The van der Waals surface area contributed by atoms with Crippen molar-refractivity contribution in [2.45, 2.75) is 6.42 Å². The molecule has 1 aliphatic heterocycles. The number of ether oxygens (including phenoxy) is 2. The minimum absolute atomic E-state index is 0.122. The molecule has 0 N–H and O–H groups in total. The van der Waals surface area contributed by atoms with Crippen molar-refractivity contribution in [2.24, 2.45) is 0 Å². The smallest absolute Gasteiger partial charge is 0.266 e. The molecule has 0 aliphatic carbocycles. The summed E-state index contributed by atoms with van der Waals surface area (Å²) in [5.41, 5.74) is 1.88. The van der Waals surface area contributed by atoms with Crippen molar-refractivity contribution >= 4 is 56.2 Å². The third-order valence-corrected chi connectivity index (χ3v) is 6.25. The third kappa shape index (κ3) is 6.09. The maximum atomic E-state index is 12.6. The number of thiocarbonyl (C=S) groups is 1. The minimum atomic E-state index is -0.122. The molecule has 0 radical (unpaired) electrons. The van der Waals surface area contributed by atoms with Gasteiger partial charge in [0.2, 0.25) is 0 Å². The fraction of sp³-hybridized carbons (Fsp3) is 0.167. The Bertz CT molecular complexity index is 1040. The Balaban J connectivity index is 1.68. The lowest BCUT2D eigenvalue weighted by atomic mass is 10.1. The number of hydrogen-bond donors (Lipinski definition) is 0. The number of benzene rings is 2. The Kier molecular flexibility index (Phi) is 8.51. The lowest BCUT2D eigenvalue weighted by Gasteiger charge is -2.13. The van der Waals surface area contributed by atoms with Gasteiger partial charge in [0.05, 0.1) is 4.91 Å². The summed E-state index contributed by atoms with van der Waals surface area (Å²) in [4.78, 5) is 14.7. The highest BCUT2D eigenvalue weighted by Crippen LogP contribution is 2.35. The first-order chi connectivity index (χ1) is 15.0. The van der Waals surface area contributed by atoms with Gasteiger partial charge < -0.3 is 9.47 Å². The predicted octanol–water partition coefficient (Wildman–Crippen LogP) is 6.02. The lowest BCUT2D eigenvalue weighted by molar-refractivity contribution is -0.121. The van der Waals surface area contributed by atoms with E-state index in [1.165, 1.54) is 16.7 Å². The van der Waals surface area contributed by atoms with Crippen LogP contribution in [-0.4, -0.2) is 34.9 Å². The van der Waals surface area contributed by atoms with Crippen molar-refractivity contribution in [3.05, 3.63) is 88.3 Å². The van der Waals surface area contributed by atoms with E-state index in [4.69, 9.17) is 21.7 Å². The van der Waals surface area contributed by atoms with Crippen LogP contribution >= 0.6 is 39.9 Å². The molecule has 4 nitrogen and oxygen atoms in total. The minimum Gasteiger partial charge on any atom is -0.490 e. The van der Waals surface area contributed by atoms with Crippen molar-refractivity contribution in [1.29, 1.82) is 0 Å². The maximum absolute atomic E-state index is 12.6. The SMILES string of the molecule is C=CCc1ccccc1OCCOc1ccc(Br)cc1C=C1SC(=S)N(CC=C)C1=O. The molecule has 0 atom stereocenters. The molecule has 7 heteroatoms. The van der Waals surface area contributed by atoms with Crippen LogP contribution in [0, 0.1) is 0 Å². The highest BCUT2D eigenvalue weighted by molar-refractivity contribution is 9.10. The number of thioether (sulfide) groups is 1. The second-order valence-corrected chi connectivity index (χ2v) is 9.15. The van der Waals surface area contributed by atoms with E-state index in [0.29, 0.717) is 34.7 Å². The van der Waals surface area contributed by atoms with Gasteiger partial charge in [0.1, 0.15) is 29.0 Å². The molecule has 2 aromatic rings. The number of hydrogen-bond acceptors (Lipinski definition) is 5. The van der Waals surface area contributed by atoms with E-state index in [9.17, 15) is 4.79 Å². The van der Waals surface area contributed by atoms with Crippen molar-refractivity contribution < 1.29 is 14.3 Å². The van der Waals surface area contributed by atoms with E-state index in [1.807, 2.05) is 54.6 Å². The molecule has 0 aromatic heterocycles. The van der Waals surface area contributed by atoms with Gasteiger partial charge in [-0.2, -0.15) is 0 Å². The van der Waals surface area contributed by atoms with Gasteiger partial charge in [-0.25, -0.2) is 0 Å². The average molecular weight is 516 g/mol. The van der Waals surface area contributed by atoms with E-state index in [0.717, 1.165) is 27.8 Å². The molecule has 0 spiro atoms. The van der Waals surface area contributed by atoms with Gasteiger partial charge in [0.25, 0.3) is 5.91 Å². The number of amides is 1. The van der Waals surface area contributed by atoms with E-state index in [2.05, 4.69) is 29.1 Å². The number of para-hydroxylation sites is 1. The molecule has 0 saturated carbocycles. The van der Waals surface area contributed by atoms with Crippen LogP contribution in [0.25, 0.3) is 6.08 Å². The molecule has 31 heavy (non-hydrogen) atoms. The maximum Gasteiger partial charge on any atom is 0.266 e. The normalized spacial score (nSPS) is 14.7. The topological polar surface area (TPSA) is 38.8 Å². The van der Waals surface area contributed by atoms with Gasteiger partial charge in [-0.05, 0) is 42.3 Å². The zero-order valence-electron chi connectivity index (χ0n) is 16.9. The molecule has 1 heterocycles. The molecule has 1 fully saturated rings. The molecule has 3 rings (SSSR count). The standard InChI is InChI=1S/C24H22BrNO3S2/c1-3-7-17-8-5-6-9-20(17)28-13-14-29-21-11-10-19(25)15-18(21)16-22-23(27)26(12-4-2)24(30)31-22/h3-6,8-11,15-16H,1-2,7,12-14H2. The number of nitrogens with zero attached hydrogens (tertiary/aromatic N) is 1. The van der Waals surface area contributed by atoms with Gasteiger partial charge in [-0.15, -0.1) is 13.2 Å². The van der Waals surface area contributed by atoms with Gasteiger partial charge in [-0.3, -0.25) is 9.69 Å². The first-order valence-electron chi connectivity index (χ1n) is 9.63. The third-order valence-electron chi connectivity index (χ3n) is 4.38. The van der Waals surface area contributed by atoms with Crippen LogP contribution in [0.4, 0.5) is 0 Å². The molecular formula is C24H22BrNO3S2. The van der Waals surface area contributed by atoms with Crippen molar-refractivity contribution in [2.75, 3.05) is 19.8 Å². The summed E-state index contributed by atoms with van der Waals surface area (Å²) in [5, 5.41) is 0. The number of halogens is 1. The summed E-state index contributed by atoms with van der Waals surface area (Å²) in [6.45, 7) is 8.62. The quantitative estimate of drug-likeness (QED) is 0.167. The van der Waals surface area contributed by atoms with E-state index >= 15 is 0 Å². The van der Waals surface area contributed by atoms with Crippen LogP contribution in [0.2, 0.25) is 0 Å². The predicted molar refractivity (Wildman–Crippen MR) is 136 cm³/mol. The van der Waals surface area contributed by atoms with Crippen LogP contribution in [0.15, 0.2) is 77.2 Å². The van der Waals surface area contributed by atoms with Crippen molar-refractivity contribution in [1.82, 2.24) is 4.90 Å². The average Bonchev–Trinajstić information content (AvgIpc) is 3.01. The van der Waals surface area contributed by atoms with Crippen LogP contribution in [0.3, 0.4) is 0 Å². The fourth-order valence-electron chi connectivity index (χ4n) is 2.96. The van der Waals surface area contributed by atoms with Crippen molar-refractivity contribution in [3.8, 4) is 11.5 Å². The number of carbonyl (C=O) groups is 1. The Labute approximate surface area is 200 Å². The monoisotopic (exact) mass is 515 g/mol. The van der Waals surface area contributed by atoms with Crippen LogP contribution < -0.4 is 9.47 Å². The Morgan fingerprint density at radius 3 is 2.55 bits per heavy atom. The zero-order valence-corrected chi connectivity index (χ0v) is 20.1. The molecule has 160 valence electrons. The second-order valence-electron chi connectivity index (χ2n) is 6.56. The van der Waals surface area contributed by atoms with Crippen LogP contribution in [0.1, 0.15) is 11.1 Å². The van der Waals surface area contributed by atoms with E-state index in [1.54, 1.807) is 6.08 Å². The molecule has 1 saturated heterocycles. The second kappa shape index (κ2) is 11.3. The van der Waals surface area contributed by atoms with Gasteiger partial charge >= 0.3 is 0 Å². The first-order valence-corrected chi connectivity index (χ1v) is 11.7. The van der Waals surface area contributed by atoms with Gasteiger partial charge in [0, 0.05) is 16.6 Å². The largest absolute Gasteiger partial charge is 0.490 e. The van der Waals surface area contributed by atoms with Gasteiger partial charge in [-0.1, -0.05) is 70.3 Å². The highest BCUT2D eigenvalue weighted by Gasteiger charge is 2.31. The Hall–Kier alpha value is -2.35. The van der Waals surface area contributed by atoms with Crippen LogP contribution in [0.5, 0.6) is 11.5 Å². The summed E-state index contributed by atoms with van der Waals surface area (Å²) in [6.07, 6.45) is 6.07. The highest BCUT2D eigenvalue weighted by atomic mass is 79.9. The van der Waals surface area contributed by atoms with Crippen LogP contribution in [-0.2, 0) is 11.2 Å². The summed E-state index contributed by atoms with van der Waals surface area (Å²) in [7, 11) is 0. The Morgan fingerprint density at radius 2 is 1.81 bits per heavy atom. The fourth-order valence-corrected chi connectivity index (χ4v) is 4.61. The number of rotatable bonds is 10. The van der Waals surface area contributed by atoms with Crippen molar-refractivity contribution in [3.63, 3.8) is 0 Å². The molecule has 2 aromatic carbocycles. The zero-order chi connectivity index (χ0) is 22.2. The van der Waals surface area contributed by atoms with E-state index < -0.39 is 0 Å². The summed E-state index contributed by atoms with van der Waals surface area (Å²) in [5.74, 6) is 1.37. The number of allylic oxidation sites excluding steroid dienone is 1.